The molecule has 0 aliphatic carbocycles. The van der Waals surface area contributed by atoms with Crippen LogP contribution in [0, 0.1) is 0 Å². The molecule has 0 aliphatic rings. The summed E-state index contributed by atoms with van der Waals surface area (Å²) >= 11 is 1.02. The molecule has 0 spiro atoms. The maximum Gasteiger partial charge on any atom is 0.313 e. The quantitative estimate of drug-likeness (QED) is 0.761. The molecule has 0 aromatic carbocycles. The number of carboxylic acid groups (broad SMARTS) is 1. The summed E-state index contributed by atoms with van der Waals surface area (Å²) in [6.07, 6.45) is 1.46. The molecule has 104 valence electrons. The Morgan fingerprint density at radius 1 is 1.16 bits per heavy atom. The van der Waals surface area contributed by atoms with E-state index in [1.54, 1.807) is 0 Å². The van der Waals surface area contributed by atoms with Crippen LogP contribution in [0.15, 0.2) is 0 Å². The third kappa shape index (κ3) is 5.21. The number of carbonyl (C=O) groups excluding carboxylic acids is 1. The summed E-state index contributed by atoms with van der Waals surface area (Å²) in [6.45, 7) is 3.92. The van der Waals surface area contributed by atoms with Crippen LogP contribution in [0.4, 0.5) is 5.95 Å². The van der Waals surface area contributed by atoms with Gasteiger partial charge in [0, 0.05) is 0 Å². The average molecular weight is 284 g/mol. The fourth-order valence-corrected chi connectivity index (χ4v) is 1.92. The summed E-state index contributed by atoms with van der Waals surface area (Å²) < 4.78 is 0. The Morgan fingerprint density at radius 3 is 2.42 bits per heavy atom. The second-order valence-corrected chi connectivity index (χ2v) is 4.66. The molecule has 0 saturated heterocycles. The summed E-state index contributed by atoms with van der Waals surface area (Å²) in [4.78, 5) is 26.0. The van der Waals surface area contributed by atoms with Crippen molar-refractivity contribution in [3.8, 4) is 0 Å². The Labute approximate surface area is 115 Å². The van der Waals surface area contributed by atoms with E-state index < -0.39 is 5.97 Å². The molecule has 0 radical (unpaired) electrons. The van der Waals surface area contributed by atoms with Crippen molar-refractivity contribution in [3.05, 3.63) is 11.4 Å². The van der Waals surface area contributed by atoms with E-state index in [-0.39, 0.29) is 23.4 Å². The summed E-state index contributed by atoms with van der Waals surface area (Å²) in [5.74, 6) is -1.18. The molecule has 1 aromatic rings. The Hall–Kier alpha value is -1.70. The van der Waals surface area contributed by atoms with E-state index in [1.807, 2.05) is 13.8 Å². The number of rotatable bonds is 7. The normalized spacial score (nSPS) is 10.2. The lowest BCUT2D eigenvalue weighted by Gasteiger charge is -2.06. The van der Waals surface area contributed by atoms with Crippen LogP contribution in [0.5, 0.6) is 0 Å². The minimum atomic E-state index is -0.948. The Bertz CT molecular complexity index is 467. The van der Waals surface area contributed by atoms with Crippen LogP contribution < -0.4 is 5.32 Å². The molecule has 1 amide bonds. The Balaban J connectivity index is 2.57. The van der Waals surface area contributed by atoms with Gasteiger partial charge in [-0.25, -0.2) is 4.98 Å². The Kier molecular flexibility index (Phi) is 6.20. The number of amides is 1. The first-order chi connectivity index (χ1) is 9.06. The third-order valence-corrected chi connectivity index (χ3v) is 3.14. The summed E-state index contributed by atoms with van der Waals surface area (Å²) in [5, 5.41) is 18.8. The van der Waals surface area contributed by atoms with Gasteiger partial charge in [-0.05, 0) is 12.8 Å². The number of nitrogens with one attached hydrogen (secondary N) is 1. The van der Waals surface area contributed by atoms with Gasteiger partial charge in [-0.1, -0.05) is 13.8 Å². The lowest BCUT2D eigenvalue weighted by Crippen LogP contribution is -2.18. The predicted molar refractivity (Wildman–Crippen MR) is 72.2 cm³/mol. The zero-order chi connectivity index (χ0) is 14.3. The van der Waals surface area contributed by atoms with Gasteiger partial charge in [0.05, 0.1) is 22.9 Å². The van der Waals surface area contributed by atoms with Crippen molar-refractivity contribution in [3.63, 3.8) is 0 Å². The molecule has 0 fully saturated rings. The highest BCUT2D eigenvalue weighted by Crippen LogP contribution is 2.07. The van der Waals surface area contributed by atoms with Gasteiger partial charge >= 0.3 is 5.97 Å². The van der Waals surface area contributed by atoms with Gasteiger partial charge in [0.25, 0.3) is 0 Å². The summed E-state index contributed by atoms with van der Waals surface area (Å²) in [7, 11) is 0. The number of nitrogens with zero attached hydrogens (tertiary/aromatic N) is 3. The first kappa shape index (κ1) is 15.4. The topological polar surface area (TPSA) is 105 Å². The molecule has 8 heteroatoms. The molecule has 0 saturated carbocycles. The molecule has 0 bridgehead atoms. The predicted octanol–water partition coefficient (Wildman–Crippen LogP) is 0.753. The van der Waals surface area contributed by atoms with Crippen LogP contribution >= 0.6 is 11.8 Å². The first-order valence-electron chi connectivity index (χ1n) is 5.88. The number of anilines is 1. The molecule has 7 nitrogen and oxygen atoms in total. The average Bonchev–Trinajstić information content (AvgIpc) is 2.38. The number of thioether (sulfide) groups is 1. The third-order valence-electron chi connectivity index (χ3n) is 2.22. The summed E-state index contributed by atoms with van der Waals surface area (Å²) in [6, 6.07) is 0. The van der Waals surface area contributed by atoms with Crippen molar-refractivity contribution in [2.45, 2.75) is 26.7 Å². The van der Waals surface area contributed by atoms with E-state index >= 15 is 0 Å². The largest absolute Gasteiger partial charge is 0.481 e. The van der Waals surface area contributed by atoms with Crippen LogP contribution in [0.25, 0.3) is 0 Å². The molecule has 0 atom stereocenters. The van der Waals surface area contributed by atoms with E-state index in [2.05, 4.69) is 20.5 Å². The van der Waals surface area contributed by atoms with Gasteiger partial charge in [0.15, 0.2) is 0 Å². The van der Waals surface area contributed by atoms with E-state index in [1.165, 1.54) is 0 Å². The molecule has 1 rings (SSSR count). The van der Waals surface area contributed by atoms with Crippen molar-refractivity contribution in [1.82, 2.24) is 15.2 Å². The monoisotopic (exact) mass is 284 g/mol. The zero-order valence-electron chi connectivity index (χ0n) is 10.8. The van der Waals surface area contributed by atoms with Crippen LogP contribution in [0.1, 0.15) is 25.2 Å². The smallest absolute Gasteiger partial charge is 0.313 e. The van der Waals surface area contributed by atoms with Crippen LogP contribution in [0.3, 0.4) is 0 Å². The van der Waals surface area contributed by atoms with Crippen LogP contribution in [-0.2, 0) is 22.4 Å². The number of aliphatic carboxylic acids is 1. The van der Waals surface area contributed by atoms with Crippen molar-refractivity contribution in [2.24, 2.45) is 0 Å². The number of aryl methyl sites for hydroxylation is 2. The molecule has 2 N–H and O–H groups in total. The van der Waals surface area contributed by atoms with E-state index in [0.29, 0.717) is 0 Å². The highest BCUT2D eigenvalue weighted by molar-refractivity contribution is 8.00. The van der Waals surface area contributed by atoms with Gasteiger partial charge in [-0.3, -0.25) is 14.9 Å². The van der Waals surface area contributed by atoms with Crippen LogP contribution in [0.2, 0.25) is 0 Å². The van der Waals surface area contributed by atoms with Gasteiger partial charge in [-0.15, -0.1) is 22.0 Å². The lowest BCUT2D eigenvalue weighted by molar-refractivity contribution is -0.133. The molecular formula is C11H16N4O3S. The van der Waals surface area contributed by atoms with Gasteiger partial charge in [0.2, 0.25) is 11.9 Å². The molecule has 1 aromatic heterocycles. The maximum atomic E-state index is 11.5. The molecule has 1 heterocycles. The molecule has 0 unspecified atom stereocenters. The minimum absolute atomic E-state index is 0.0483. The van der Waals surface area contributed by atoms with Gasteiger partial charge < -0.3 is 5.11 Å². The van der Waals surface area contributed by atoms with Crippen molar-refractivity contribution in [1.29, 1.82) is 0 Å². The number of aromatic nitrogens is 3. The van der Waals surface area contributed by atoms with E-state index in [4.69, 9.17) is 5.11 Å². The standard InChI is InChI=1S/C11H16N4O3S/c1-3-7-8(4-2)14-15-11(12-7)13-9(16)5-19-6-10(17)18/h3-6H2,1-2H3,(H,17,18)(H,12,13,15,16). The zero-order valence-corrected chi connectivity index (χ0v) is 11.7. The second-order valence-electron chi connectivity index (χ2n) is 3.67. The fraction of sp³-hybridized carbons (Fsp3) is 0.545. The van der Waals surface area contributed by atoms with Crippen molar-refractivity contribution in [2.75, 3.05) is 16.8 Å². The lowest BCUT2D eigenvalue weighted by atomic mass is 10.2. The van der Waals surface area contributed by atoms with Crippen molar-refractivity contribution < 1.29 is 14.7 Å². The number of carbonyl (C=O) groups is 2. The van der Waals surface area contributed by atoms with Crippen LogP contribution in [-0.4, -0.2) is 43.7 Å². The number of carboxylic acids is 1. The number of hydrogen-bond donors (Lipinski definition) is 2. The Morgan fingerprint density at radius 2 is 1.84 bits per heavy atom. The second kappa shape index (κ2) is 7.67. The highest BCUT2D eigenvalue weighted by atomic mass is 32.2. The van der Waals surface area contributed by atoms with Crippen molar-refractivity contribution >= 4 is 29.6 Å². The fourth-order valence-electron chi connectivity index (χ4n) is 1.38. The minimum Gasteiger partial charge on any atom is -0.481 e. The molecule has 0 aliphatic heterocycles. The summed E-state index contributed by atoms with van der Waals surface area (Å²) in [5.41, 5.74) is 1.63. The molecule has 19 heavy (non-hydrogen) atoms. The SMILES string of the molecule is CCc1nnc(NC(=O)CSCC(=O)O)nc1CC. The maximum absolute atomic E-state index is 11.5. The van der Waals surface area contributed by atoms with Gasteiger partial charge in [0.1, 0.15) is 0 Å². The highest BCUT2D eigenvalue weighted by Gasteiger charge is 2.09. The van der Waals surface area contributed by atoms with E-state index in [9.17, 15) is 9.59 Å². The number of hydrogen-bond acceptors (Lipinski definition) is 6. The molecular weight excluding hydrogens is 268 g/mol. The first-order valence-corrected chi connectivity index (χ1v) is 7.04. The van der Waals surface area contributed by atoms with E-state index in [0.717, 1.165) is 36.0 Å². The van der Waals surface area contributed by atoms with Gasteiger partial charge in [-0.2, -0.15) is 0 Å².